The second-order valence-electron chi connectivity index (χ2n) is 5.97. The number of nitrogens with two attached hydrogens (primary N) is 1. The summed E-state index contributed by atoms with van der Waals surface area (Å²) in [6.45, 7) is 4.10. The highest BCUT2D eigenvalue weighted by Crippen LogP contribution is 2.13. The number of carbonyl (C=O) groups excluding carboxylic acids is 2. The minimum atomic E-state index is -0.403. The molecule has 3 rings (SSSR count). The van der Waals surface area contributed by atoms with Gasteiger partial charge in [0.05, 0.1) is 6.42 Å². The van der Waals surface area contributed by atoms with Crippen LogP contribution in [-0.4, -0.2) is 47.8 Å². The minimum absolute atomic E-state index is 0.211. The van der Waals surface area contributed by atoms with Crippen molar-refractivity contribution in [2.45, 2.75) is 13.0 Å². The van der Waals surface area contributed by atoms with E-state index in [1.54, 1.807) is 23.5 Å². The molecule has 0 saturated carbocycles. The van der Waals surface area contributed by atoms with Gasteiger partial charge in [-0.05, 0) is 29.1 Å². The van der Waals surface area contributed by atoms with Gasteiger partial charge in [-0.2, -0.15) is 0 Å². The van der Waals surface area contributed by atoms with Crippen molar-refractivity contribution in [3.63, 3.8) is 0 Å². The molecular weight excluding hydrogens is 322 g/mol. The van der Waals surface area contributed by atoms with E-state index in [9.17, 15) is 9.59 Å². The van der Waals surface area contributed by atoms with Crippen LogP contribution in [-0.2, 0) is 17.8 Å². The van der Waals surface area contributed by atoms with Gasteiger partial charge in [0.2, 0.25) is 11.8 Å². The van der Waals surface area contributed by atoms with E-state index >= 15 is 0 Å². The Bertz CT molecular complexity index is 690. The van der Waals surface area contributed by atoms with Gasteiger partial charge in [0.15, 0.2) is 0 Å². The Morgan fingerprint density at radius 1 is 1.04 bits per heavy atom. The lowest BCUT2D eigenvalue weighted by atomic mass is 10.1. The Kier molecular flexibility index (Phi) is 5.27. The van der Waals surface area contributed by atoms with Gasteiger partial charge in [-0.25, -0.2) is 0 Å². The van der Waals surface area contributed by atoms with E-state index in [1.807, 2.05) is 34.5 Å². The Hall–Kier alpha value is -2.18. The summed E-state index contributed by atoms with van der Waals surface area (Å²) < 4.78 is 0. The molecule has 1 aliphatic heterocycles. The maximum absolute atomic E-state index is 12.3. The van der Waals surface area contributed by atoms with E-state index in [-0.39, 0.29) is 5.91 Å². The summed E-state index contributed by atoms with van der Waals surface area (Å²) in [7, 11) is 0. The lowest BCUT2D eigenvalue weighted by Crippen LogP contribution is -2.48. The zero-order valence-corrected chi connectivity index (χ0v) is 14.3. The van der Waals surface area contributed by atoms with E-state index in [1.165, 1.54) is 0 Å². The van der Waals surface area contributed by atoms with Gasteiger partial charge < -0.3 is 10.6 Å². The highest BCUT2D eigenvalue weighted by Gasteiger charge is 2.21. The molecule has 2 amide bonds. The molecule has 1 fully saturated rings. The summed E-state index contributed by atoms with van der Waals surface area (Å²) >= 11 is 1.63. The Morgan fingerprint density at radius 2 is 1.75 bits per heavy atom. The zero-order chi connectivity index (χ0) is 16.9. The molecule has 2 N–H and O–H groups in total. The molecule has 24 heavy (non-hydrogen) atoms. The number of benzene rings is 1. The molecule has 5 nitrogen and oxygen atoms in total. The first-order valence-electron chi connectivity index (χ1n) is 8.03. The summed E-state index contributed by atoms with van der Waals surface area (Å²) in [6, 6.07) is 11.4. The summed E-state index contributed by atoms with van der Waals surface area (Å²) in [5.41, 5.74) is 6.94. The number of primary amides is 1. The van der Waals surface area contributed by atoms with Gasteiger partial charge >= 0.3 is 0 Å². The quantitative estimate of drug-likeness (QED) is 0.899. The Labute approximate surface area is 145 Å². The number of nitrogens with zero attached hydrogens (tertiary/aromatic N) is 2. The van der Waals surface area contributed by atoms with Crippen LogP contribution >= 0.6 is 11.3 Å². The number of thiophene rings is 1. The molecule has 126 valence electrons. The van der Waals surface area contributed by atoms with Crippen molar-refractivity contribution in [3.8, 4) is 0 Å². The summed E-state index contributed by atoms with van der Waals surface area (Å²) in [5, 5.41) is 2.00. The maximum Gasteiger partial charge on any atom is 0.248 e. The minimum Gasteiger partial charge on any atom is -0.366 e. The standard InChI is InChI=1S/C18H21N3O2S/c19-18(23)15-5-3-14(4-6-15)13-20-7-9-21(10-8-20)17(22)12-16-2-1-11-24-16/h1-6,11H,7-10,12-13H2,(H2,19,23). The lowest BCUT2D eigenvalue weighted by molar-refractivity contribution is -0.132. The number of hydrogen-bond donors (Lipinski definition) is 1. The van der Waals surface area contributed by atoms with Crippen molar-refractivity contribution in [1.82, 2.24) is 9.80 Å². The highest BCUT2D eigenvalue weighted by molar-refractivity contribution is 7.10. The number of carbonyl (C=O) groups is 2. The second kappa shape index (κ2) is 7.59. The van der Waals surface area contributed by atoms with E-state index in [4.69, 9.17) is 5.73 Å². The van der Waals surface area contributed by atoms with Gasteiger partial charge in [0, 0.05) is 43.2 Å². The van der Waals surface area contributed by atoms with Crippen LogP contribution in [0.5, 0.6) is 0 Å². The smallest absolute Gasteiger partial charge is 0.248 e. The second-order valence-corrected chi connectivity index (χ2v) is 7.01. The first kappa shape index (κ1) is 16.7. The summed E-state index contributed by atoms with van der Waals surface area (Å²) in [6.07, 6.45) is 0.506. The van der Waals surface area contributed by atoms with Crippen molar-refractivity contribution in [2.24, 2.45) is 5.73 Å². The predicted octanol–water partition coefficient (Wildman–Crippen LogP) is 1.73. The average molecular weight is 343 g/mol. The fourth-order valence-electron chi connectivity index (χ4n) is 2.86. The molecule has 0 spiro atoms. The van der Waals surface area contributed by atoms with Crippen LogP contribution in [0.3, 0.4) is 0 Å². The van der Waals surface area contributed by atoms with Crippen molar-refractivity contribution in [3.05, 3.63) is 57.8 Å². The molecule has 1 aliphatic rings. The molecule has 2 heterocycles. The van der Waals surface area contributed by atoms with Crippen LogP contribution in [0, 0.1) is 0 Å². The van der Waals surface area contributed by atoms with Crippen molar-refractivity contribution in [2.75, 3.05) is 26.2 Å². The fraction of sp³-hybridized carbons (Fsp3) is 0.333. The number of piperazine rings is 1. The topological polar surface area (TPSA) is 66.6 Å². The van der Waals surface area contributed by atoms with E-state index in [0.717, 1.165) is 43.2 Å². The largest absolute Gasteiger partial charge is 0.366 e. The molecule has 0 bridgehead atoms. The van der Waals surface area contributed by atoms with E-state index in [2.05, 4.69) is 4.90 Å². The summed E-state index contributed by atoms with van der Waals surface area (Å²) in [4.78, 5) is 28.8. The average Bonchev–Trinajstić information content (AvgIpc) is 3.09. The van der Waals surface area contributed by atoms with Gasteiger partial charge in [-0.15, -0.1) is 11.3 Å². The molecule has 0 aliphatic carbocycles. The molecule has 1 aromatic carbocycles. The zero-order valence-electron chi connectivity index (χ0n) is 13.5. The highest BCUT2D eigenvalue weighted by atomic mass is 32.1. The third-order valence-corrected chi connectivity index (χ3v) is 5.15. The van der Waals surface area contributed by atoms with Crippen LogP contribution in [0.1, 0.15) is 20.8 Å². The Balaban J connectivity index is 1.48. The fourth-order valence-corrected chi connectivity index (χ4v) is 3.56. The van der Waals surface area contributed by atoms with Crippen LogP contribution in [0.25, 0.3) is 0 Å². The normalized spacial score (nSPS) is 15.4. The summed E-state index contributed by atoms with van der Waals surface area (Å²) in [5.74, 6) is -0.192. The van der Waals surface area contributed by atoms with Crippen LogP contribution in [0.4, 0.5) is 0 Å². The van der Waals surface area contributed by atoms with Gasteiger partial charge in [-0.3, -0.25) is 14.5 Å². The predicted molar refractivity (Wildman–Crippen MR) is 94.8 cm³/mol. The maximum atomic E-state index is 12.3. The van der Waals surface area contributed by atoms with Crippen LogP contribution in [0.15, 0.2) is 41.8 Å². The van der Waals surface area contributed by atoms with Crippen molar-refractivity contribution >= 4 is 23.2 Å². The van der Waals surface area contributed by atoms with Crippen molar-refractivity contribution < 1.29 is 9.59 Å². The number of hydrogen-bond acceptors (Lipinski definition) is 4. The monoisotopic (exact) mass is 343 g/mol. The molecule has 0 radical (unpaired) electrons. The molecule has 1 saturated heterocycles. The molecular formula is C18H21N3O2S. The third kappa shape index (κ3) is 4.21. The van der Waals surface area contributed by atoms with Crippen LogP contribution in [0.2, 0.25) is 0 Å². The molecule has 0 unspecified atom stereocenters. The van der Waals surface area contributed by atoms with E-state index < -0.39 is 5.91 Å². The van der Waals surface area contributed by atoms with Gasteiger partial charge in [-0.1, -0.05) is 18.2 Å². The number of rotatable bonds is 5. The number of amides is 2. The molecule has 2 aromatic rings. The van der Waals surface area contributed by atoms with E-state index in [0.29, 0.717) is 12.0 Å². The SMILES string of the molecule is NC(=O)c1ccc(CN2CCN(C(=O)Cc3cccs3)CC2)cc1. The molecule has 0 atom stereocenters. The third-order valence-electron chi connectivity index (χ3n) is 4.28. The first-order valence-corrected chi connectivity index (χ1v) is 8.91. The van der Waals surface area contributed by atoms with Crippen molar-refractivity contribution in [1.29, 1.82) is 0 Å². The first-order chi connectivity index (χ1) is 11.6. The van der Waals surface area contributed by atoms with Gasteiger partial charge in [0.25, 0.3) is 0 Å². The lowest BCUT2D eigenvalue weighted by Gasteiger charge is -2.34. The van der Waals surface area contributed by atoms with Gasteiger partial charge in [0.1, 0.15) is 0 Å². The molecule has 1 aromatic heterocycles. The van der Waals surface area contributed by atoms with Crippen LogP contribution < -0.4 is 5.73 Å². The molecule has 6 heteroatoms. The Morgan fingerprint density at radius 3 is 2.33 bits per heavy atom.